The summed E-state index contributed by atoms with van der Waals surface area (Å²) in [6.07, 6.45) is 12.3. The molecule has 31 heavy (non-hydrogen) atoms. The first-order chi connectivity index (χ1) is 15.2. The molecular formula is C22H24N8O. The molecule has 158 valence electrons. The molecule has 5 rings (SSSR count). The van der Waals surface area contributed by atoms with Crippen molar-refractivity contribution in [2.75, 3.05) is 6.54 Å². The zero-order chi connectivity index (χ0) is 21.2. The van der Waals surface area contributed by atoms with Gasteiger partial charge in [-0.3, -0.25) is 19.9 Å². The average molecular weight is 416 g/mol. The van der Waals surface area contributed by atoms with Gasteiger partial charge in [0.15, 0.2) is 5.82 Å². The minimum absolute atomic E-state index is 0.220. The van der Waals surface area contributed by atoms with Crippen LogP contribution in [0.25, 0.3) is 22.6 Å². The fourth-order valence-electron chi connectivity index (χ4n) is 3.94. The first kappa shape index (κ1) is 19.4. The van der Waals surface area contributed by atoms with E-state index in [9.17, 15) is 4.79 Å². The summed E-state index contributed by atoms with van der Waals surface area (Å²) < 4.78 is 0. The van der Waals surface area contributed by atoms with Crippen molar-refractivity contribution in [2.24, 2.45) is 0 Å². The van der Waals surface area contributed by atoms with Crippen LogP contribution in [-0.2, 0) is 12.8 Å². The Morgan fingerprint density at radius 3 is 2.65 bits per heavy atom. The third-order valence-corrected chi connectivity index (χ3v) is 5.59. The van der Waals surface area contributed by atoms with Crippen molar-refractivity contribution in [3.05, 3.63) is 70.0 Å². The van der Waals surface area contributed by atoms with E-state index in [-0.39, 0.29) is 5.56 Å². The maximum Gasteiger partial charge on any atom is 0.273 e. The van der Waals surface area contributed by atoms with Crippen LogP contribution in [0, 0.1) is 6.92 Å². The Morgan fingerprint density at radius 2 is 1.90 bits per heavy atom. The zero-order valence-corrected chi connectivity index (χ0v) is 17.3. The van der Waals surface area contributed by atoms with Crippen molar-refractivity contribution in [2.45, 2.75) is 38.6 Å². The van der Waals surface area contributed by atoms with E-state index in [2.05, 4.69) is 47.4 Å². The van der Waals surface area contributed by atoms with E-state index >= 15 is 0 Å². The number of hydrogen-bond donors (Lipinski definition) is 4. The van der Waals surface area contributed by atoms with Gasteiger partial charge in [0.05, 0.1) is 17.0 Å². The third-order valence-electron chi connectivity index (χ3n) is 5.59. The molecule has 1 aliphatic carbocycles. The van der Waals surface area contributed by atoms with Crippen molar-refractivity contribution >= 4 is 0 Å². The van der Waals surface area contributed by atoms with Crippen molar-refractivity contribution in [1.82, 2.24) is 40.4 Å². The van der Waals surface area contributed by atoms with E-state index in [0.29, 0.717) is 35.2 Å². The van der Waals surface area contributed by atoms with Gasteiger partial charge in [0, 0.05) is 60.4 Å². The molecule has 0 aromatic carbocycles. The number of H-pyrrole nitrogens is 3. The standard InChI is InChI=1S/C22H24N8O/c1-13-15(5-8-23-14-3-4-14)19(21-26-6-2-7-27-21)17(29-13)11-18-20(25-10-9-24-18)16-12-28-30-22(16)31/h2,6-7,9-10,12,14,23,29H,3-5,8,11H2,1H3,(H2,28,30,31). The Bertz CT molecular complexity index is 1240. The summed E-state index contributed by atoms with van der Waals surface area (Å²) in [6, 6.07) is 2.48. The van der Waals surface area contributed by atoms with Gasteiger partial charge in [0.2, 0.25) is 0 Å². The average Bonchev–Trinajstić information content (AvgIpc) is 3.43. The van der Waals surface area contributed by atoms with Gasteiger partial charge < -0.3 is 15.4 Å². The lowest BCUT2D eigenvalue weighted by molar-refractivity contribution is 0.681. The molecule has 9 heteroatoms. The number of rotatable bonds is 8. The first-order valence-corrected chi connectivity index (χ1v) is 10.5. The van der Waals surface area contributed by atoms with Gasteiger partial charge in [-0.1, -0.05) is 0 Å². The van der Waals surface area contributed by atoms with Crippen LogP contribution in [0.4, 0.5) is 0 Å². The normalized spacial score (nSPS) is 13.6. The summed E-state index contributed by atoms with van der Waals surface area (Å²) in [6.45, 7) is 2.99. The molecule has 0 saturated heterocycles. The smallest absolute Gasteiger partial charge is 0.273 e. The van der Waals surface area contributed by atoms with Crippen LogP contribution in [-0.4, -0.2) is 47.7 Å². The molecule has 4 aromatic heterocycles. The molecule has 0 unspecified atom stereocenters. The Hall–Kier alpha value is -3.59. The van der Waals surface area contributed by atoms with Crippen LogP contribution < -0.4 is 10.9 Å². The Morgan fingerprint density at radius 1 is 1.10 bits per heavy atom. The van der Waals surface area contributed by atoms with E-state index < -0.39 is 0 Å². The van der Waals surface area contributed by atoms with E-state index in [1.807, 2.05) is 6.07 Å². The van der Waals surface area contributed by atoms with Crippen molar-refractivity contribution in [3.63, 3.8) is 0 Å². The summed E-state index contributed by atoms with van der Waals surface area (Å²) in [5, 5.41) is 8.88. The summed E-state index contributed by atoms with van der Waals surface area (Å²) in [5.41, 5.74) is 5.82. The maximum atomic E-state index is 12.2. The minimum atomic E-state index is -0.220. The van der Waals surface area contributed by atoms with Gasteiger partial charge in [-0.25, -0.2) is 9.97 Å². The molecule has 1 fully saturated rings. The minimum Gasteiger partial charge on any atom is -0.361 e. The lowest BCUT2D eigenvalue weighted by Gasteiger charge is -2.09. The number of nitrogens with zero attached hydrogens (tertiary/aromatic N) is 4. The zero-order valence-electron chi connectivity index (χ0n) is 17.3. The highest BCUT2D eigenvalue weighted by molar-refractivity contribution is 5.67. The SMILES string of the molecule is Cc1[nH]c(Cc2nccnc2-c2c[nH][nH]c2=O)c(-c2ncccn2)c1CCNC1CC1. The predicted octanol–water partition coefficient (Wildman–Crippen LogP) is 2.14. The van der Waals surface area contributed by atoms with Crippen LogP contribution in [0.2, 0.25) is 0 Å². The third kappa shape index (κ3) is 4.04. The maximum absolute atomic E-state index is 12.2. The molecule has 0 aliphatic heterocycles. The van der Waals surface area contributed by atoms with E-state index in [1.165, 1.54) is 18.4 Å². The summed E-state index contributed by atoms with van der Waals surface area (Å²) in [5.74, 6) is 0.688. The number of aromatic nitrogens is 7. The molecular weight excluding hydrogens is 392 g/mol. The van der Waals surface area contributed by atoms with Crippen LogP contribution in [0.1, 0.15) is 35.5 Å². The molecule has 0 radical (unpaired) electrons. The van der Waals surface area contributed by atoms with Gasteiger partial charge in [0.25, 0.3) is 5.56 Å². The fourth-order valence-corrected chi connectivity index (χ4v) is 3.94. The lowest BCUT2D eigenvalue weighted by atomic mass is 10.0. The fraction of sp³-hybridized carbons (Fsp3) is 0.318. The predicted molar refractivity (Wildman–Crippen MR) is 117 cm³/mol. The molecule has 9 nitrogen and oxygen atoms in total. The molecule has 0 atom stereocenters. The molecule has 0 spiro atoms. The van der Waals surface area contributed by atoms with E-state index in [4.69, 9.17) is 0 Å². The number of nitrogens with one attached hydrogen (secondary N) is 4. The van der Waals surface area contributed by atoms with E-state index in [1.54, 1.807) is 31.0 Å². The highest BCUT2D eigenvalue weighted by atomic mass is 16.1. The van der Waals surface area contributed by atoms with Gasteiger partial charge >= 0.3 is 0 Å². The van der Waals surface area contributed by atoms with Gasteiger partial charge in [0.1, 0.15) is 0 Å². The van der Waals surface area contributed by atoms with Crippen molar-refractivity contribution < 1.29 is 0 Å². The van der Waals surface area contributed by atoms with Crippen LogP contribution in [0.15, 0.2) is 41.8 Å². The largest absolute Gasteiger partial charge is 0.361 e. The molecule has 4 N–H and O–H groups in total. The van der Waals surface area contributed by atoms with Crippen molar-refractivity contribution in [3.8, 4) is 22.6 Å². The topological polar surface area (TPSA) is 128 Å². The summed E-state index contributed by atoms with van der Waals surface area (Å²) >= 11 is 0. The molecule has 4 heterocycles. The monoisotopic (exact) mass is 416 g/mol. The summed E-state index contributed by atoms with van der Waals surface area (Å²) in [4.78, 5) is 33.7. The number of aromatic amines is 3. The Labute approximate surface area is 178 Å². The highest BCUT2D eigenvalue weighted by Gasteiger charge is 2.23. The Balaban J connectivity index is 1.54. The summed E-state index contributed by atoms with van der Waals surface area (Å²) in [7, 11) is 0. The second kappa shape index (κ2) is 8.27. The lowest BCUT2D eigenvalue weighted by Crippen LogP contribution is -2.19. The van der Waals surface area contributed by atoms with Gasteiger partial charge in [-0.15, -0.1) is 0 Å². The molecule has 0 amide bonds. The molecule has 1 saturated carbocycles. The van der Waals surface area contributed by atoms with Crippen LogP contribution in [0.5, 0.6) is 0 Å². The second-order valence-corrected chi connectivity index (χ2v) is 7.82. The first-order valence-electron chi connectivity index (χ1n) is 10.5. The second-order valence-electron chi connectivity index (χ2n) is 7.82. The molecule has 1 aliphatic rings. The highest BCUT2D eigenvalue weighted by Crippen LogP contribution is 2.31. The Kier molecular flexibility index (Phi) is 5.17. The molecule has 4 aromatic rings. The van der Waals surface area contributed by atoms with Crippen molar-refractivity contribution in [1.29, 1.82) is 0 Å². The van der Waals surface area contributed by atoms with Crippen LogP contribution >= 0.6 is 0 Å². The van der Waals surface area contributed by atoms with Gasteiger partial charge in [-0.05, 0) is 44.4 Å². The van der Waals surface area contributed by atoms with Gasteiger partial charge in [-0.2, -0.15) is 0 Å². The van der Waals surface area contributed by atoms with Crippen LogP contribution in [0.3, 0.4) is 0 Å². The van der Waals surface area contributed by atoms with E-state index in [0.717, 1.165) is 29.9 Å². The molecule has 0 bridgehead atoms. The number of aryl methyl sites for hydroxylation is 1. The quantitative estimate of drug-likeness (QED) is 0.348. The number of hydrogen-bond acceptors (Lipinski definition) is 6.